The first-order valence-corrected chi connectivity index (χ1v) is 9.32. The average Bonchev–Trinajstić information content (AvgIpc) is 3.18. The van der Waals surface area contributed by atoms with Crippen molar-refractivity contribution in [2.24, 2.45) is 18.1 Å². The number of pyridine rings is 1. The molecule has 0 spiro atoms. The molecular formula is C20H23N7O3. The van der Waals surface area contributed by atoms with Crippen LogP contribution in [0.3, 0.4) is 0 Å². The van der Waals surface area contributed by atoms with Crippen LogP contribution in [0.4, 0.5) is 5.82 Å². The summed E-state index contributed by atoms with van der Waals surface area (Å²) in [6.07, 6.45) is 0. The number of methoxy groups -OCH3 is 1. The van der Waals surface area contributed by atoms with E-state index in [9.17, 15) is 4.79 Å². The molecule has 0 aliphatic carbocycles. The fourth-order valence-electron chi connectivity index (χ4n) is 2.62. The summed E-state index contributed by atoms with van der Waals surface area (Å²) in [5, 5.41) is 18.5. The van der Waals surface area contributed by atoms with Gasteiger partial charge in [-0.05, 0) is 22.6 Å². The van der Waals surface area contributed by atoms with E-state index in [1.54, 1.807) is 39.3 Å². The number of carbonyl (C=O) groups excluding carboxylic acids is 1. The summed E-state index contributed by atoms with van der Waals surface area (Å²) in [5.74, 6) is 0.465. The molecule has 156 valence electrons. The van der Waals surface area contributed by atoms with E-state index < -0.39 is 0 Å². The van der Waals surface area contributed by atoms with Crippen molar-refractivity contribution in [2.75, 3.05) is 19.0 Å². The maximum absolute atomic E-state index is 12.1. The van der Waals surface area contributed by atoms with Crippen molar-refractivity contribution in [1.29, 1.82) is 0 Å². The minimum atomic E-state index is -0.283. The van der Waals surface area contributed by atoms with Gasteiger partial charge in [-0.3, -0.25) is 4.79 Å². The zero-order valence-electron chi connectivity index (χ0n) is 17.0. The van der Waals surface area contributed by atoms with Gasteiger partial charge in [-0.25, -0.2) is 9.67 Å². The quantitative estimate of drug-likeness (QED) is 0.423. The van der Waals surface area contributed by atoms with Crippen molar-refractivity contribution in [2.45, 2.75) is 13.5 Å². The number of hydrogen-bond acceptors (Lipinski definition) is 8. The molecule has 1 atom stereocenters. The highest BCUT2D eigenvalue weighted by molar-refractivity contribution is 6.10. The molecule has 2 aromatic heterocycles. The Kier molecular flexibility index (Phi) is 7.17. The van der Waals surface area contributed by atoms with E-state index in [0.29, 0.717) is 29.7 Å². The fourth-order valence-corrected chi connectivity index (χ4v) is 2.62. The summed E-state index contributed by atoms with van der Waals surface area (Å²) in [7, 11) is 3.29. The van der Waals surface area contributed by atoms with Crippen LogP contribution in [0.5, 0.6) is 0 Å². The molecule has 0 fully saturated rings. The third-order valence-corrected chi connectivity index (χ3v) is 4.17. The number of ether oxygens (including phenoxy) is 1. The van der Waals surface area contributed by atoms with Crippen molar-refractivity contribution in [1.82, 2.24) is 25.2 Å². The Bertz CT molecular complexity index is 1000. The smallest absolute Gasteiger partial charge is 0.230 e. The fraction of sp³-hybridized carbons (Fsp3) is 0.300. The van der Waals surface area contributed by atoms with Crippen molar-refractivity contribution < 1.29 is 14.4 Å². The number of nitrogens with zero attached hydrogens (tertiary/aromatic N) is 6. The Morgan fingerprint density at radius 2 is 2.00 bits per heavy atom. The van der Waals surface area contributed by atoms with Crippen LogP contribution in [0.1, 0.15) is 24.0 Å². The van der Waals surface area contributed by atoms with Crippen LogP contribution in [0.2, 0.25) is 0 Å². The number of benzene rings is 1. The molecule has 10 nitrogen and oxygen atoms in total. The van der Waals surface area contributed by atoms with Gasteiger partial charge in [0.05, 0.1) is 18.2 Å². The first kappa shape index (κ1) is 21.1. The summed E-state index contributed by atoms with van der Waals surface area (Å²) >= 11 is 0. The van der Waals surface area contributed by atoms with E-state index >= 15 is 0 Å². The first-order valence-electron chi connectivity index (χ1n) is 9.32. The van der Waals surface area contributed by atoms with Crippen LogP contribution in [0, 0.1) is 5.92 Å². The lowest BCUT2D eigenvalue weighted by Gasteiger charge is -2.11. The Hall–Kier alpha value is -3.66. The van der Waals surface area contributed by atoms with Gasteiger partial charge in [-0.2, -0.15) is 0 Å². The number of carbonyl (C=O) groups is 1. The highest BCUT2D eigenvalue weighted by Gasteiger charge is 2.15. The number of rotatable bonds is 9. The van der Waals surface area contributed by atoms with E-state index in [-0.39, 0.29) is 18.4 Å². The lowest BCUT2D eigenvalue weighted by Crippen LogP contribution is -2.24. The number of aryl methyl sites for hydroxylation is 1. The Morgan fingerprint density at radius 3 is 2.70 bits per heavy atom. The monoisotopic (exact) mass is 409 g/mol. The molecule has 30 heavy (non-hydrogen) atoms. The molecule has 0 aliphatic heterocycles. The maximum Gasteiger partial charge on any atom is 0.230 e. The molecule has 0 aliphatic rings. The van der Waals surface area contributed by atoms with Gasteiger partial charge in [0.15, 0.2) is 12.3 Å². The van der Waals surface area contributed by atoms with Crippen LogP contribution in [0.15, 0.2) is 53.7 Å². The van der Waals surface area contributed by atoms with Gasteiger partial charge in [-0.1, -0.05) is 48.5 Å². The van der Waals surface area contributed by atoms with Gasteiger partial charge in [-0.15, -0.1) is 5.10 Å². The lowest BCUT2D eigenvalue weighted by molar-refractivity contribution is -0.120. The number of anilines is 1. The molecule has 3 aromatic rings. The van der Waals surface area contributed by atoms with Crippen molar-refractivity contribution in [3.8, 4) is 0 Å². The van der Waals surface area contributed by atoms with E-state index in [2.05, 4.69) is 31.0 Å². The van der Waals surface area contributed by atoms with Gasteiger partial charge in [0, 0.05) is 19.7 Å². The molecule has 2 heterocycles. The van der Waals surface area contributed by atoms with Crippen molar-refractivity contribution in [3.63, 3.8) is 0 Å². The predicted molar refractivity (Wildman–Crippen MR) is 110 cm³/mol. The number of aromatic nitrogens is 5. The number of nitrogens with one attached hydrogen (secondary N) is 1. The minimum Gasteiger partial charge on any atom is -0.389 e. The molecule has 1 aromatic carbocycles. The second kappa shape index (κ2) is 10.2. The number of hydrogen-bond donors (Lipinski definition) is 1. The minimum absolute atomic E-state index is 0.110. The molecule has 0 saturated carbocycles. The Labute approximate surface area is 173 Å². The lowest BCUT2D eigenvalue weighted by atomic mass is 10.1. The zero-order chi connectivity index (χ0) is 21.3. The van der Waals surface area contributed by atoms with E-state index in [0.717, 1.165) is 5.56 Å². The number of tetrazole rings is 1. The highest BCUT2D eigenvalue weighted by Crippen LogP contribution is 2.11. The molecule has 0 bridgehead atoms. The Balaban J connectivity index is 1.71. The molecule has 1 unspecified atom stereocenters. The van der Waals surface area contributed by atoms with Gasteiger partial charge >= 0.3 is 0 Å². The third kappa shape index (κ3) is 5.45. The van der Waals surface area contributed by atoms with Crippen molar-refractivity contribution >= 4 is 17.4 Å². The summed E-state index contributed by atoms with van der Waals surface area (Å²) in [5.41, 5.74) is 1.93. The molecule has 3 rings (SSSR count). The summed E-state index contributed by atoms with van der Waals surface area (Å²) in [6.45, 7) is 2.23. The van der Waals surface area contributed by atoms with Gasteiger partial charge < -0.3 is 14.9 Å². The number of oxime groups is 1. The van der Waals surface area contributed by atoms with Crippen molar-refractivity contribution in [3.05, 3.63) is 65.6 Å². The first-order chi connectivity index (χ1) is 14.6. The SMILES string of the molecule is COCC(C)C(=O)Nc1cccc(CON=C(c2ccccc2)c2nnnn2C)n1. The normalized spacial score (nSPS) is 12.4. The Morgan fingerprint density at radius 1 is 1.20 bits per heavy atom. The van der Waals surface area contributed by atoms with Crippen LogP contribution in [0.25, 0.3) is 0 Å². The zero-order valence-corrected chi connectivity index (χ0v) is 17.0. The van der Waals surface area contributed by atoms with Crippen LogP contribution in [-0.2, 0) is 28.0 Å². The molecule has 1 N–H and O–H groups in total. The molecule has 0 radical (unpaired) electrons. The van der Waals surface area contributed by atoms with Crippen LogP contribution in [-0.4, -0.2) is 50.5 Å². The predicted octanol–water partition coefficient (Wildman–Crippen LogP) is 1.80. The maximum atomic E-state index is 12.1. The standard InChI is InChI=1S/C20H23N7O3/c1-14(12-29-3)20(28)22-17-11-7-10-16(21-17)13-30-24-18(15-8-5-4-6-9-15)19-23-25-26-27(19)2/h4-11,14H,12-13H2,1-3H3,(H,21,22,28). The van der Waals surface area contributed by atoms with Gasteiger partial charge in [0.1, 0.15) is 5.82 Å². The topological polar surface area (TPSA) is 116 Å². The summed E-state index contributed by atoms with van der Waals surface area (Å²) in [6, 6.07) is 14.8. The largest absolute Gasteiger partial charge is 0.389 e. The van der Waals surface area contributed by atoms with Gasteiger partial charge in [0.25, 0.3) is 0 Å². The molecule has 10 heteroatoms. The molecular weight excluding hydrogens is 386 g/mol. The van der Waals surface area contributed by atoms with E-state index in [4.69, 9.17) is 9.57 Å². The van der Waals surface area contributed by atoms with Crippen LogP contribution >= 0.6 is 0 Å². The average molecular weight is 409 g/mol. The number of amides is 1. The van der Waals surface area contributed by atoms with Gasteiger partial charge in [0.2, 0.25) is 11.7 Å². The van der Waals surface area contributed by atoms with E-state index in [1.165, 1.54) is 4.68 Å². The second-order valence-electron chi connectivity index (χ2n) is 6.57. The summed E-state index contributed by atoms with van der Waals surface area (Å²) < 4.78 is 6.52. The highest BCUT2D eigenvalue weighted by atomic mass is 16.6. The van der Waals surface area contributed by atoms with E-state index in [1.807, 2.05) is 30.3 Å². The summed E-state index contributed by atoms with van der Waals surface area (Å²) in [4.78, 5) is 22.1. The molecule has 1 amide bonds. The third-order valence-electron chi connectivity index (χ3n) is 4.17. The molecule has 0 saturated heterocycles. The second-order valence-corrected chi connectivity index (χ2v) is 6.57. The van der Waals surface area contributed by atoms with Crippen LogP contribution < -0.4 is 5.32 Å².